The summed E-state index contributed by atoms with van der Waals surface area (Å²) in [7, 11) is -1.93. The van der Waals surface area contributed by atoms with E-state index >= 15 is 0 Å². The van der Waals surface area contributed by atoms with E-state index in [4.69, 9.17) is 0 Å². The summed E-state index contributed by atoms with van der Waals surface area (Å²) in [5.41, 5.74) is 4.37. The minimum absolute atomic E-state index is 0. The van der Waals surface area contributed by atoms with Crippen molar-refractivity contribution in [2.24, 2.45) is 5.41 Å². The predicted molar refractivity (Wildman–Crippen MR) is 171 cm³/mol. The monoisotopic (exact) mass is 608 g/mol. The molecule has 0 unspecified atom stereocenters. The summed E-state index contributed by atoms with van der Waals surface area (Å²) < 4.78 is 0. The van der Waals surface area contributed by atoms with Gasteiger partial charge in [-0.05, 0) is 97.0 Å². The predicted octanol–water partition coefficient (Wildman–Crippen LogP) is 4.75. The molecule has 204 valence electrons. The van der Waals surface area contributed by atoms with Crippen LogP contribution in [0.1, 0.15) is 41.0 Å². The first-order valence-corrected chi connectivity index (χ1v) is 15.5. The molecule has 1 aliphatic carbocycles. The number of hydrogen-bond acceptors (Lipinski definition) is 1. The van der Waals surface area contributed by atoms with Gasteiger partial charge < -0.3 is 17.0 Å². The first-order valence-electron chi connectivity index (χ1n) is 13.5. The van der Waals surface area contributed by atoms with E-state index in [9.17, 15) is 4.79 Å². The molecule has 0 bridgehead atoms. The molecular formula is C37H38BrOP. The molecule has 0 spiro atoms. The van der Waals surface area contributed by atoms with Crippen molar-refractivity contribution in [2.45, 2.75) is 41.0 Å². The maximum atomic E-state index is 12.0. The van der Waals surface area contributed by atoms with Crippen LogP contribution in [0.3, 0.4) is 0 Å². The second-order valence-electron chi connectivity index (χ2n) is 11.0. The Hall–Kier alpha value is -3.24. The van der Waals surface area contributed by atoms with Gasteiger partial charge in [-0.1, -0.05) is 92.4 Å². The lowest BCUT2D eigenvalue weighted by Gasteiger charge is -2.31. The molecule has 0 amide bonds. The summed E-state index contributed by atoms with van der Waals surface area (Å²) in [4.78, 5) is 12.0. The summed E-state index contributed by atoms with van der Waals surface area (Å²) in [6.07, 6.45) is 9.54. The molecule has 0 N–H and O–H groups in total. The van der Waals surface area contributed by atoms with E-state index in [1.807, 2.05) is 13.8 Å². The van der Waals surface area contributed by atoms with E-state index in [-0.39, 0.29) is 28.2 Å². The van der Waals surface area contributed by atoms with Gasteiger partial charge in [-0.3, -0.25) is 4.79 Å². The third-order valence-electron chi connectivity index (χ3n) is 7.31. The molecule has 3 aromatic carbocycles. The van der Waals surface area contributed by atoms with Crippen molar-refractivity contribution < 1.29 is 21.8 Å². The Kier molecular flexibility index (Phi) is 10.9. The number of rotatable bonds is 6. The molecule has 0 aromatic heterocycles. The largest absolute Gasteiger partial charge is 1.00 e. The van der Waals surface area contributed by atoms with Gasteiger partial charge in [0.05, 0.1) is 6.16 Å². The maximum Gasteiger partial charge on any atom is 0.156 e. The third kappa shape index (κ3) is 7.28. The smallest absolute Gasteiger partial charge is 0.156 e. The minimum atomic E-state index is -1.93. The summed E-state index contributed by atoms with van der Waals surface area (Å²) in [6, 6.07) is 32.9. The lowest BCUT2D eigenvalue weighted by atomic mass is 9.72. The topological polar surface area (TPSA) is 17.1 Å². The lowest BCUT2D eigenvalue weighted by molar-refractivity contribution is -0.116. The second-order valence-corrected chi connectivity index (χ2v) is 14.5. The van der Waals surface area contributed by atoms with Crippen molar-refractivity contribution >= 4 is 29.0 Å². The highest BCUT2D eigenvalue weighted by molar-refractivity contribution is 7.95. The summed E-state index contributed by atoms with van der Waals surface area (Å²) in [5.74, 6) is 6.86. The van der Waals surface area contributed by atoms with E-state index in [0.29, 0.717) is 6.42 Å². The lowest BCUT2D eigenvalue weighted by Crippen LogP contribution is -3.00. The fraction of sp³-hybridized carbons (Fsp3) is 0.216. The summed E-state index contributed by atoms with van der Waals surface area (Å²) in [5, 5.41) is 4.13. The molecule has 0 atom stereocenters. The fourth-order valence-corrected chi connectivity index (χ4v) is 9.83. The Labute approximate surface area is 251 Å². The van der Waals surface area contributed by atoms with Gasteiger partial charge in [-0.25, -0.2) is 0 Å². The zero-order chi connectivity index (χ0) is 27.9. The molecule has 40 heavy (non-hydrogen) atoms. The van der Waals surface area contributed by atoms with Gasteiger partial charge in [0.15, 0.2) is 5.78 Å². The van der Waals surface area contributed by atoms with E-state index in [1.54, 1.807) is 6.08 Å². The zero-order valence-electron chi connectivity index (χ0n) is 24.1. The van der Waals surface area contributed by atoms with Crippen LogP contribution in [-0.4, -0.2) is 11.9 Å². The van der Waals surface area contributed by atoms with Crippen molar-refractivity contribution in [1.82, 2.24) is 0 Å². The molecule has 0 radical (unpaired) electrons. The Bertz CT molecular complexity index is 1400. The Morgan fingerprint density at radius 2 is 1.32 bits per heavy atom. The molecule has 1 aliphatic rings. The third-order valence-corrected chi connectivity index (χ3v) is 11.8. The minimum Gasteiger partial charge on any atom is -1.00 e. The van der Waals surface area contributed by atoms with Gasteiger partial charge in [-0.2, -0.15) is 0 Å². The van der Waals surface area contributed by atoms with Crippen LogP contribution in [0.15, 0.2) is 138 Å². The number of halogens is 1. The molecule has 3 aromatic rings. The standard InChI is InChI=1S/C37H38OP.BrH/c1-29(24-25-36-31(3)26-32(38)27-37(36,4)5)16-15-17-30(2)28-39(33-18-9-6-10-19-33,34-20-11-7-12-21-34)35-22-13-8-14-23-35;/h6-14,17-26H,27-28H2,1-5H3;1H/q+1;/p-1. The Balaban J connectivity index is 0.00000441. The van der Waals surface area contributed by atoms with Crippen LogP contribution in [0.5, 0.6) is 0 Å². The number of allylic oxidation sites excluding steroid dienone is 8. The molecule has 0 aliphatic heterocycles. The van der Waals surface area contributed by atoms with Crippen LogP contribution in [0.25, 0.3) is 0 Å². The van der Waals surface area contributed by atoms with E-state index < -0.39 is 7.26 Å². The van der Waals surface area contributed by atoms with Gasteiger partial charge in [0.2, 0.25) is 0 Å². The van der Waals surface area contributed by atoms with Crippen molar-refractivity contribution in [1.29, 1.82) is 0 Å². The number of hydrogen-bond donors (Lipinski definition) is 0. The van der Waals surface area contributed by atoms with Crippen molar-refractivity contribution in [3.63, 3.8) is 0 Å². The van der Waals surface area contributed by atoms with Crippen molar-refractivity contribution in [3.8, 4) is 11.8 Å². The average molecular weight is 610 g/mol. The van der Waals surface area contributed by atoms with Gasteiger partial charge in [0.1, 0.15) is 23.2 Å². The van der Waals surface area contributed by atoms with Crippen LogP contribution in [0.4, 0.5) is 0 Å². The normalized spacial score (nSPS) is 16.5. The van der Waals surface area contributed by atoms with E-state index in [2.05, 4.69) is 142 Å². The Morgan fingerprint density at radius 1 is 0.850 bits per heavy atom. The number of carbonyl (C=O) groups excluding carboxylic acids is 1. The average Bonchev–Trinajstić information content (AvgIpc) is 2.92. The highest BCUT2D eigenvalue weighted by Crippen LogP contribution is 2.56. The molecule has 4 rings (SSSR count). The van der Waals surface area contributed by atoms with Crippen LogP contribution in [0, 0.1) is 17.3 Å². The molecule has 0 fully saturated rings. The molecule has 1 nitrogen and oxygen atoms in total. The number of carbonyl (C=O) groups is 1. The van der Waals surface area contributed by atoms with Crippen molar-refractivity contribution in [3.05, 3.63) is 138 Å². The highest BCUT2D eigenvalue weighted by atomic mass is 79.9. The maximum absolute atomic E-state index is 12.0. The summed E-state index contributed by atoms with van der Waals surface area (Å²) in [6.45, 7) is 10.5. The molecule has 0 saturated heterocycles. The highest BCUT2D eigenvalue weighted by Gasteiger charge is 2.45. The fourth-order valence-electron chi connectivity index (χ4n) is 5.50. The number of ketones is 1. The first kappa shape index (κ1) is 31.3. The van der Waals surface area contributed by atoms with E-state index in [0.717, 1.165) is 17.3 Å². The van der Waals surface area contributed by atoms with Gasteiger partial charge >= 0.3 is 0 Å². The van der Waals surface area contributed by atoms with Gasteiger partial charge in [-0.15, -0.1) is 0 Å². The molecular weight excluding hydrogens is 571 g/mol. The number of benzene rings is 3. The van der Waals surface area contributed by atoms with E-state index in [1.165, 1.54) is 27.1 Å². The quantitative estimate of drug-likeness (QED) is 0.291. The first-order chi connectivity index (χ1) is 18.7. The molecule has 0 heterocycles. The Morgan fingerprint density at radius 3 is 1.77 bits per heavy atom. The van der Waals surface area contributed by atoms with Crippen LogP contribution in [-0.2, 0) is 4.79 Å². The zero-order valence-corrected chi connectivity index (χ0v) is 26.6. The van der Waals surface area contributed by atoms with Crippen LogP contribution in [0.2, 0.25) is 0 Å². The van der Waals surface area contributed by atoms with Gasteiger partial charge in [0.25, 0.3) is 0 Å². The molecule has 3 heteroatoms. The molecule has 0 saturated carbocycles. The van der Waals surface area contributed by atoms with Crippen LogP contribution < -0.4 is 32.9 Å². The summed E-state index contributed by atoms with van der Waals surface area (Å²) >= 11 is 0. The second kappa shape index (κ2) is 13.9. The van der Waals surface area contributed by atoms with Gasteiger partial charge in [0, 0.05) is 6.42 Å². The van der Waals surface area contributed by atoms with Crippen LogP contribution >= 0.6 is 7.26 Å². The van der Waals surface area contributed by atoms with Crippen molar-refractivity contribution in [2.75, 3.05) is 6.16 Å². The SMILES string of the molecule is CC(C#CC=C(C)C[P+](c1ccccc1)(c1ccccc1)c1ccccc1)=CC=C1C(C)=CC(=O)CC1(C)C.[Br-].